The van der Waals surface area contributed by atoms with Gasteiger partial charge < -0.3 is 15.0 Å². The highest BCUT2D eigenvalue weighted by atomic mass is 19.1. The summed E-state index contributed by atoms with van der Waals surface area (Å²) < 4.78 is 18.3. The van der Waals surface area contributed by atoms with E-state index >= 15 is 0 Å². The number of anilines is 2. The van der Waals surface area contributed by atoms with E-state index in [1.54, 1.807) is 0 Å². The minimum absolute atomic E-state index is 0.0988. The normalized spacial score (nSPS) is 12.9. The van der Waals surface area contributed by atoms with Gasteiger partial charge in [-0.2, -0.15) is 0 Å². The Morgan fingerprint density at radius 1 is 1.13 bits per heavy atom. The summed E-state index contributed by atoms with van der Waals surface area (Å²) in [4.78, 5) is 48.4. The number of imide groups is 1. The Kier molecular flexibility index (Phi) is 6.75. The number of hydrogen-bond donors (Lipinski definition) is 2. The maximum atomic E-state index is 13.5. The van der Waals surface area contributed by atoms with Gasteiger partial charge in [0.25, 0.3) is 11.6 Å². The predicted molar refractivity (Wildman–Crippen MR) is 108 cm³/mol. The van der Waals surface area contributed by atoms with E-state index in [0.717, 1.165) is 25.0 Å². The number of amides is 3. The molecule has 31 heavy (non-hydrogen) atoms. The molecule has 1 aliphatic rings. The second-order valence-corrected chi connectivity index (χ2v) is 6.71. The van der Waals surface area contributed by atoms with Gasteiger partial charge in [0.15, 0.2) is 6.61 Å². The highest BCUT2D eigenvalue weighted by Gasteiger charge is 2.24. The molecule has 3 amide bonds. The summed E-state index contributed by atoms with van der Waals surface area (Å²) in [6.07, 6.45) is 1.86. The summed E-state index contributed by atoms with van der Waals surface area (Å²) in [6.45, 7) is 0.588. The van der Waals surface area contributed by atoms with Crippen molar-refractivity contribution in [3.05, 3.63) is 64.0 Å². The SMILES string of the molecule is O=C(COC(=O)c1ccc(N2CCCC2)c([N+](=O)[O-])c1)NC(=O)Nc1ccccc1F. The van der Waals surface area contributed by atoms with Crippen molar-refractivity contribution in [2.45, 2.75) is 12.8 Å². The molecule has 0 aromatic heterocycles. The molecule has 11 heteroatoms. The van der Waals surface area contributed by atoms with Crippen LogP contribution in [0, 0.1) is 15.9 Å². The van der Waals surface area contributed by atoms with Crippen LogP contribution in [0.2, 0.25) is 0 Å². The Morgan fingerprint density at radius 2 is 1.84 bits per heavy atom. The van der Waals surface area contributed by atoms with Crippen LogP contribution in [0.15, 0.2) is 42.5 Å². The Labute approximate surface area is 176 Å². The third-order valence-corrected chi connectivity index (χ3v) is 4.56. The van der Waals surface area contributed by atoms with Gasteiger partial charge in [-0.3, -0.25) is 20.2 Å². The first kappa shape index (κ1) is 21.7. The third kappa shape index (κ3) is 5.53. The van der Waals surface area contributed by atoms with Gasteiger partial charge in [0.05, 0.1) is 16.2 Å². The molecule has 3 rings (SSSR count). The molecule has 10 nitrogen and oxygen atoms in total. The van der Waals surface area contributed by atoms with Gasteiger partial charge in [-0.25, -0.2) is 14.0 Å². The molecule has 0 radical (unpaired) electrons. The number of nitrogens with one attached hydrogen (secondary N) is 2. The predicted octanol–water partition coefficient (Wildman–Crippen LogP) is 2.84. The lowest BCUT2D eigenvalue weighted by molar-refractivity contribution is -0.384. The molecule has 1 aliphatic heterocycles. The highest BCUT2D eigenvalue weighted by molar-refractivity contribution is 6.02. The zero-order valence-electron chi connectivity index (χ0n) is 16.3. The smallest absolute Gasteiger partial charge is 0.338 e. The molecule has 1 heterocycles. The lowest BCUT2D eigenvalue weighted by Crippen LogP contribution is -2.37. The van der Waals surface area contributed by atoms with Gasteiger partial charge in [0, 0.05) is 19.2 Å². The fourth-order valence-corrected chi connectivity index (χ4v) is 3.12. The lowest BCUT2D eigenvalue weighted by atomic mass is 10.1. The van der Waals surface area contributed by atoms with Crippen LogP contribution in [0.5, 0.6) is 0 Å². The Balaban J connectivity index is 1.56. The van der Waals surface area contributed by atoms with E-state index in [4.69, 9.17) is 4.74 Å². The van der Waals surface area contributed by atoms with E-state index in [-0.39, 0.29) is 16.9 Å². The van der Waals surface area contributed by atoms with Crippen molar-refractivity contribution in [1.82, 2.24) is 5.32 Å². The van der Waals surface area contributed by atoms with E-state index < -0.39 is 35.3 Å². The van der Waals surface area contributed by atoms with Crippen LogP contribution in [-0.4, -0.2) is 42.5 Å². The number of benzene rings is 2. The van der Waals surface area contributed by atoms with Crippen molar-refractivity contribution in [1.29, 1.82) is 0 Å². The molecule has 0 saturated carbocycles. The molecule has 0 unspecified atom stereocenters. The summed E-state index contributed by atoms with van der Waals surface area (Å²) in [6, 6.07) is 8.32. The van der Waals surface area contributed by atoms with Gasteiger partial charge >= 0.3 is 12.0 Å². The van der Waals surface area contributed by atoms with Crippen LogP contribution in [0.3, 0.4) is 0 Å². The monoisotopic (exact) mass is 430 g/mol. The summed E-state index contributed by atoms with van der Waals surface area (Å²) in [5.41, 5.74) is -0.0415. The number of halogens is 1. The quantitative estimate of drug-likeness (QED) is 0.409. The van der Waals surface area contributed by atoms with Crippen molar-refractivity contribution in [2.75, 3.05) is 29.9 Å². The van der Waals surface area contributed by atoms with Gasteiger partial charge in [-0.1, -0.05) is 12.1 Å². The van der Waals surface area contributed by atoms with Gasteiger partial charge in [-0.05, 0) is 37.1 Å². The molecular weight excluding hydrogens is 411 g/mol. The molecule has 2 N–H and O–H groups in total. The third-order valence-electron chi connectivity index (χ3n) is 4.56. The standard InChI is InChI=1S/C20H19FN4O6/c21-14-5-1-2-6-15(14)22-20(28)23-18(26)12-31-19(27)13-7-8-16(17(11-13)25(29)30)24-9-3-4-10-24/h1-2,5-8,11H,3-4,9-10,12H2,(H2,22,23,26,28). The largest absolute Gasteiger partial charge is 0.452 e. The van der Waals surface area contributed by atoms with E-state index in [1.165, 1.54) is 30.3 Å². The van der Waals surface area contributed by atoms with E-state index in [1.807, 2.05) is 10.2 Å². The van der Waals surface area contributed by atoms with Gasteiger partial charge in [0.1, 0.15) is 11.5 Å². The highest BCUT2D eigenvalue weighted by Crippen LogP contribution is 2.31. The number of nitro groups is 1. The first-order chi connectivity index (χ1) is 14.8. The summed E-state index contributed by atoms with van der Waals surface area (Å²) in [5.74, 6) is -2.60. The molecule has 1 saturated heterocycles. The number of esters is 1. The molecular formula is C20H19FN4O6. The summed E-state index contributed by atoms with van der Waals surface area (Å²) in [5, 5.41) is 15.4. The lowest BCUT2D eigenvalue weighted by Gasteiger charge is -2.17. The van der Waals surface area contributed by atoms with E-state index in [0.29, 0.717) is 18.8 Å². The molecule has 0 atom stereocenters. The number of carbonyl (C=O) groups is 3. The van der Waals surface area contributed by atoms with Gasteiger partial charge in [-0.15, -0.1) is 0 Å². The maximum Gasteiger partial charge on any atom is 0.338 e. The molecule has 0 bridgehead atoms. The number of rotatable bonds is 6. The van der Waals surface area contributed by atoms with Crippen LogP contribution in [-0.2, 0) is 9.53 Å². The molecule has 2 aromatic rings. The van der Waals surface area contributed by atoms with Crippen LogP contribution >= 0.6 is 0 Å². The van der Waals surface area contributed by atoms with E-state index in [2.05, 4.69) is 5.32 Å². The zero-order valence-corrected chi connectivity index (χ0v) is 16.3. The minimum atomic E-state index is -1.00. The summed E-state index contributed by atoms with van der Waals surface area (Å²) in [7, 11) is 0. The minimum Gasteiger partial charge on any atom is -0.452 e. The van der Waals surface area contributed by atoms with Crippen molar-refractivity contribution >= 4 is 35.0 Å². The van der Waals surface area contributed by atoms with Crippen LogP contribution in [0.25, 0.3) is 0 Å². The molecule has 0 spiro atoms. The Bertz CT molecular complexity index is 1020. The van der Waals surface area contributed by atoms with Crippen molar-refractivity contribution in [2.24, 2.45) is 0 Å². The van der Waals surface area contributed by atoms with Crippen LogP contribution < -0.4 is 15.5 Å². The van der Waals surface area contributed by atoms with Crippen molar-refractivity contribution < 1.29 is 28.4 Å². The molecule has 1 fully saturated rings. The van der Waals surface area contributed by atoms with Crippen LogP contribution in [0.1, 0.15) is 23.2 Å². The second kappa shape index (κ2) is 9.65. The number of urea groups is 1. The van der Waals surface area contributed by atoms with Crippen molar-refractivity contribution in [3.63, 3.8) is 0 Å². The molecule has 2 aromatic carbocycles. The van der Waals surface area contributed by atoms with Crippen molar-refractivity contribution in [3.8, 4) is 0 Å². The Morgan fingerprint density at radius 3 is 2.52 bits per heavy atom. The molecule has 162 valence electrons. The number of nitrogens with zero attached hydrogens (tertiary/aromatic N) is 2. The second-order valence-electron chi connectivity index (χ2n) is 6.71. The fraction of sp³-hybridized carbons (Fsp3) is 0.250. The maximum absolute atomic E-state index is 13.5. The number of carbonyl (C=O) groups excluding carboxylic acids is 3. The Hall–Kier alpha value is -4.02. The topological polar surface area (TPSA) is 131 Å². The van der Waals surface area contributed by atoms with Crippen LogP contribution in [0.4, 0.5) is 26.2 Å². The average molecular weight is 430 g/mol. The number of hydrogen-bond acceptors (Lipinski definition) is 7. The fourth-order valence-electron chi connectivity index (χ4n) is 3.12. The molecule has 0 aliphatic carbocycles. The number of para-hydroxylation sites is 1. The zero-order chi connectivity index (χ0) is 22.4. The number of ether oxygens (including phenoxy) is 1. The van der Waals surface area contributed by atoms with E-state index in [9.17, 15) is 28.9 Å². The first-order valence-electron chi connectivity index (χ1n) is 9.41. The number of nitro benzene ring substituents is 1. The summed E-state index contributed by atoms with van der Waals surface area (Å²) >= 11 is 0. The first-order valence-corrected chi connectivity index (χ1v) is 9.41. The van der Waals surface area contributed by atoms with Gasteiger partial charge in [0.2, 0.25) is 0 Å². The average Bonchev–Trinajstić information content (AvgIpc) is 3.28.